The van der Waals surface area contributed by atoms with E-state index in [2.05, 4.69) is 6.92 Å². The number of Topliss-reactive ketones (excluding diaryl/α,β-unsaturated/α-hetero) is 1. The van der Waals surface area contributed by atoms with Crippen LogP contribution in [0.4, 0.5) is 0 Å². The van der Waals surface area contributed by atoms with Gasteiger partial charge in [0.05, 0.1) is 0 Å². The van der Waals surface area contributed by atoms with Crippen molar-refractivity contribution in [2.24, 2.45) is 5.92 Å². The third-order valence-corrected chi connectivity index (χ3v) is 2.66. The van der Waals surface area contributed by atoms with Crippen LogP contribution in [0.3, 0.4) is 0 Å². The predicted octanol–water partition coefficient (Wildman–Crippen LogP) is 2.17. The molecule has 2 heteroatoms. The van der Waals surface area contributed by atoms with Gasteiger partial charge in [0.25, 0.3) is 0 Å². The summed E-state index contributed by atoms with van der Waals surface area (Å²) in [5, 5.41) is 0. The van der Waals surface area contributed by atoms with E-state index in [0.717, 1.165) is 19.3 Å². The van der Waals surface area contributed by atoms with Gasteiger partial charge in [0, 0.05) is 6.61 Å². The number of hydrogen-bond donors (Lipinski definition) is 0. The lowest BCUT2D eigenvalue weighted by molar-refractivity contribution is -0.143. The van der Waals surface area contributed by atoms with Crippen LogP contribution >= 0.6 is 0 Å². The third-order valence-electron chi connectivity index (χ3n) is 2.66. The summed E-state index contributed by atoms with van der Waals surface area (Å²) in [6.07, 6.45) is 3.29. The molecule has 1 saturated carbocycles. The largest absolute Gasteiger partial charge is 0.367 e. The maximum atomic E-state index is 11.3. The molecule has 0 heterocycles. The Labute approximate surface area is 74.3 Å². The smallest absolute Gasteiger partial charge is 0.161 e. The lowest BCUT2D eigenvalue weighted by atomic mass is 9.95. The molecular weight excluding hydrogens is 152 g/mol. The van der Waals surface area contributed by atoms with Gasteiger partial charge in [-0.05, 0) is 39.0 Å². The van der Waals surface area contributed by atoms with E-state index in [1.54, 1.807) is 6.92 Å². The average molecular weight is 170 g/mol. The highest BCUT2D eigenvalue weighted by atomic mass is 16.5. The monoisotopic (exact) mass is 170 g/mol. The molecule has 0 aliphatic heterocycles. The Morgan fingerprint density at radius 2 is 2.17 bits per heavy atom. The minimum atomic E-state index is -0.476. The summed E-state index contributed by atoms with van der Waals surface area (Å²) < 4.78 is 5.61. The normalized spacial score (nSPS) is 21.9. The minimum absolute atomic E-state index is 0.179. The van der Waals surface area contributed by atoms with E-state index in [1.807, 2.05) is 6.92 Å². The van der Waals surface area contributed by atoms with Crippen molar-refractivity contribution in [2.45, 2.75) is 45.6 Å². The van der Waals surface area contributed by atoms with E-state index in [-0.39, 0.29) is 5.78 Å². The van der Waals surface area contributed by atoms with Crippen molar-refractivity contribution in [3.05, 3.63) is 0 Å². The van der Waals surface area contributed by atoms with Crippen molar-refractivity contribution in [1.29, 1.82) is 0 Å². The Balaban J connectivity index is 2.52. The number of hydrogen-bond acceptors (Lipinski definition) is 2. The standard InChI is InChI=1S/C10H18O2/c1-4-7-12-10(3,8(2)11)9-5-6-9/h9H,4-7H2,1-3H3. The second-order valence-corrected chi connectivity index (χ2v) is 3.79. The fraction of sp³-hybridized carbons (Fsp3) is 0.900. The van der Waals surface area contributed by atoms with Gasteiger partial charge >= 0.3 is 0 Å². The Hall–Kier alpha value is -0.370. The molecule has 0 saturated heterocycles. The predicted molar refractivity (Wildman–Crippen MR) is 48.1 cm³/mol. The van der Waals surface area contributed by atoms with Crippen molar-refractivity contribution in [3.63, 3.8) is 0 Å². The molecule has 1 aliphatic carbocycles. The quantitative estimate of drug-likeness (QED) is 0.632. The van der Waals surface area contributed by atoms with Gasteiger partial charge in [-0.1, -0.05) is 6.92 Å². The lowest BCUT2D eigenvalue weighted by Crippen LogP contribution is -2.39. The Kier molecular flexibility index (Phi) is 2.89. The van der Waals surface area contributed by atoms with Crippen LogP contribution in [0.25, 0.3) is 0 Å². The zero-order valence-corrected chi connectivity index (χ0v) is 8.22. The van der Waals surface area contributed by atoms with Gasteiger partial charge in [-0.3, -0.25) is 4.79 Å². The molecule has 0 N–H and O–H groups in total. The highest BCUT2D eigenvalue weighted by molar-refractivity contribution is 5.85. The molecule has 2 nitrogen and oxygen atoms in total. The molecule has 0 amide bonds. The molecule has 1 fully saturated rings. The second-order valence-electron chi connectivity index (χ2n) is 3.79. The van der Waals surface area contributed by atoms with Crippen LogP contribution in [-0.2, 0) is 9.53 Å². The summed E-state index contributed by atoms with van der Waals surface area (Å²) in [5.41, 5.74) is -0.476. The van der Waals surface area contributed by atoms with Crippen molar-refractivity contribution in [1.82, 2.24) is 0 Å². The minimum Gasteiger partial charge on any atom is -0.367 e. The molecule has 0 aromatic heterocycles. The third kappa shape index (κ3) is 1.86. The molecule has 70 valence electrons. The van der Waals surface area contributed by atoms with Crippen molar-refractivity contribution in [3.8, 4) is 0 Å². The van der Waals surface area contributed by atoms with E-state index in [9.17, 15) is 4.79 Å². The number of ether oxygens (including phenoxy) is 1. The number of ketones is 1. The van der Waals surface area contributed by atoms with Gasteiger partial charge in [-0.15, -0.1) is 0 Å². The zero-order chi connectivity index (χ0) is 9.19. The Morgan fingerprint density at radius 3 is 2.50 bits per heavy atom. The first kappa shape index (κ1) is 9.72. The molecule has 1 aliphatic rings. The van der Waals surface area contributed by atoms with E-state index >= 15 is 0 Å². The molecular formula is C10H18O2. The Bertz CT molecular complexity index is 173. The summed E-state index contributed by atoms with van der Waals surface area (Å²) in [5.74, 6) is 0.667. The first-order chi connectivity index (χ1) is 5.61. The van der Waals surface area contributed by atoms with Crippen LogP contribution in [0.1, 0.15) is 40.0 Å². The molecule has 0 spiro atoms. The van der Waals surface area contributed by atoms with E-state index in [4.69, 9.17) is 4.74 Å². The summed E-state index contributed by atoms with van der Waals surface area (Å²) in [6, 6.07) is 0. The number of carbonyl (C=O) groups is 1. The van der Waals surface area contributed by atoms with Gasteiger partial charge < -0.3 is 4.74 Å². The molecule has 12 heavy (non-hydrogen) atoms. The molecule has 0 aromatic rings. The molecule has 0 bridgehead atoms. The van der Waals surface area contributed by atoms with Crippen LogP contribution in [0, 0.1) is 5.92 Å². The molecule has 1 atom stereocenters. The molecule has 0 aromatic carbocycles. The Morgan fingerprint density at radius 1 is 1.58 bits per heavy atom. The second kappa shape index (κ2) is 3.56. The average Bonchev–Trinajstić information content (AvgIpc) is 2.82. The van der Waals surface area contributed by atoms with Gasteiger partial charge in [-0.2, -0.15) is 0 Å². The van der Waals surface area contributed by atoms with Crippen molar-refractivity contribution < 1.29 is 9.53 Å². The van der Waals surface area contributed by atoms with Crippen LogP contribution in [-0.4, -0.2) is 18.0 Å². The van der Waals surface area contributed by atoms with E-state index in [0.29, 0.717) is 12.5 Å². The maximum Gasteiger partial charge on any atom is 0.161 e. The van der Waals surface area contributed by atoms with Gasteiger partial charge in [0.2, 0.25) is 0 Å². The SMILES string of the molecule is CCCOC(C)(C(C)=O)C1CC1. The lowest BCUT2D eigenvalue weighted by Gasteiger charge is -2.26. The molecule has 1 unspecified atom stereocenters. The maximum absolute atomic E-state index is 11.3. The van der Waals surface area contributed by atoms with Gasteiger partial charge in [0.15, 0.2) is 5.78 Å². The van der Waals surface area contributed by atoms with E-state index in [1.165, 1.54) is 0 Å². The summed E-state index contributed by atoms with van der Waals surface area (Å²) in [7, 11) is 0. The summed E-state index contributed by atoms with van der Waals surface area (Å²) in [6.45, 7) is 6.33. The van der Waals surface area contributed by atoms with Crippen LogP contribution in [0.2, 0.25) is 0 Å². The van der Waals surface area contributed by atoms with Crippen LogP contribution in [0.15, 0.2) is 0 Å². The highest BCUT2D eigenvalue weighted by Crippen LogP contribution is 2.42. The number of carbonyl (C=O) groups excluding carboxylic acids is 1. The first-order valence-electron chi connectivity index (χ1n) is 4.76. The van der Waals surface area contributed by atoms with E-state index < -0.39 is 5.60 Å². The molecule has 1 rings (SSSR count). The van der Waals surface area contributed by atoms with Gasteiger partial charge in [0.1, 0.15) is 5.60 Å². The van der Waals surface area contributed by atoms with Crippen molar-refractivity contribution in [2.75, 3.05) is 6.61 Å². The number of rotatable bonds is 5. The summed E-state index contributed by atoms with van der Waals surface area (Å²) in [4.78, 5) is 11.3. The first-order valence-corrected chi connectivity index (χ1v) is 4.76. The van der Waals surface area contributed by atoms with Gasteiger partial charge in [-0.25, -0.2) is 0 Å². The topological polar surface area (TPSA) is 26.3 Å². The zero-order valence-electron chi connectivity index (χ0n) is 8.22. The van der Waals surface area contributed by atoms with Crippen molar-refractivity contribution >= 4 is 5.78 Å². The van der Waals surface area contributed by atoms with Crippen LogP contribution < -0.4 is 0 Å². The molecule has 0 radical (unpaired) electrons. The fourth-order valence-corrected chi connectivity index (χ4v) is 1.46. The highest BCUT2D eigenvalue weighted by Gasteiger charge is 2.45. The fourth-order valence-electron chi connectivity index (χ4n) is 1.46. The van der Waals surface area contributed by atoms with Crippen LogP contribution in [0.5, 0.6) is 0 Å². The summed E-state index contributed by atoms with van der Waals surface area (Å²) >= 11 is 0.